The zero-order chi connectivity index (χ0) is 14.1. The molecule has 0 radical (unpaired) electrons. The predicted molar refractivity (Wildman–Crippen MR) is 85.7 cm³/mol. The first-order valence-corrected chi connectivity index (χ1v) is 8.46. The maximum Gasteiger partial charge on any atom is 0.0110 e. The second-order valence-electron chi connectivity index (χ2n) is 7.45. The van der Waals surface area contributed by atoms with Gasteiger partial charge in [0, 0.05) is 32.7 Å². The minimum Gasteiger partial charge on any atom is -0.301 e. The molecule has 114 valence electrons. The summed E-state index contributed by atoms with van der Waals surface area (Å²) in [6.07, 6.45) is 8.50. The first-order valence-electron chi connectivity index (χ1n) is 8.46. The quantitative estimate of drug-likeness (QED) is 0.614. The van der Waals surface area contributed by atoms with Gasteiger partial charge in [0.25, 0.3) is 0 Å². The maximum atomic E-state index is 2.67. The van der Waals surface area contributed by atoms with E-state index in [1.54, 1.807) is 0 Å². The summed E-state index contributed by atoms with van der Waals surface area (Å²) in [4.78, 5) is 5.30. The number of piperazine rings is 1. The molecule has 2 heteroatoms. The van der Waals surface area contributed by atoms with Crippen molar-refractivity contribution in [1.29, 1.82) is 0 Å². The van der Waals surface area contributed by atoms with Gasteiger partial charge in [0.2, 0.25) is 0 Å². The number of hydrogen-bond acceptors (Lipinski definition) is 2. The van der Waals surface area contributed by atoms with Crippen LogP contribution in [0.1, 0.15) is 66.2 Å². The molecule has 0 aliphatic carbocycles. The summed E-state index contributed by atoms with van der Waals surface area (Å²) in [6, 6.07) is 0. The topological polar surface area (TPSA) is 6.48 Å². The second kappa shape index (κ2) is 8.97. The fraction of sp³-hybridized carbons (Fsp3) is 1.00. The lowest BCUT2D eigenvalue weighted by Crippen LogP contribution is -2.48. The average molecular weight is 268 g/mol. The Labute approximate surface area is 121 Å². The highest BCUT2D eigenvalue weighted by Gasteiger charge is 2.20. The van der Waals surface area contributed by atoms with Gasteiger partial charge in [0.05, 0.1) is 0 Å². The summed E-state index contributed by atoms with van der Waals surface area (Å²) in [5, 5.41) is 0. The van der Waals surface area contributed by atoms with Crippen molar-refractivity contribution in [2.24, 2.45) is 5.41 Å². The van der Waals surface area contributed by atoms with E-state index in [9.17, 15) is 0 Å². The molecule has 0 aromatic rings. The molecule has 1 aliphatic rings. The third-order valence-electron chi connectivity index (χ3n) is 3.99. The molecule has 0 amide bonds. The molecule has 0 bridgehead atoms. The van der Waals surface area contributed by atoms with Crippen molar-refractivity contribution in [3.05, 3.63) is 0 Å². The largest absolute Gasteiger partial charge is 0.301 e. The van der Waals surface area contributed by atoms with E-state index in [0.29, 0.717) is 5.41 Å². The Morgan fingerprint density at radius 2 is 1.26 bits per heavy atom. The van der Waals surface area contributed by atoms with Gasteiger partial charge in [0.1, 0.15) is 0 Å². The summed E-state index contributed by atoms with van der Waals surface area (Å²) >= 11 is 0. The lowest BCUT2D eigenvalue weighted by atomic mass is 9.96. The first kappa shape index (κ1) is 17.0. The Hall–Kier alpha value is -0.0800. The highest BCUT2D eigenvalue weighted by molar-refractivity contribution is 4.76. The zero-order valence-electron chi connectivity index (χ0n) is 13.9. The van der Waals surface area contributed by atoms with E-state index in [0.717, 1.165) is 0 Å². The van der Waals surface area contributed by atoms with Crippen LogP contribution in [0.25, 0.3) is 0 Å². The molecule has 1 heterocycles. The Bertz CT molecular complexity index is 212. The average Bonchev–Trinajstić information content (AvgIpc) is 2.34. The van der Waals surface area contributed by atoms with Gasteiger partial charge in [-0.25, -0.2) is 0 Å². The smallest absolute Gasteiger partial charge is 0.0110 e. The Kier molecular flexibility index (Phi) is 8.01. The van der Waals surface area contributed by atoms with Crippen LogP contribution < -0.4 is 0 Å². The van der Waals surface area contributed by atoms with Crippen molar-refractivity contribution in [2.45, 2.75) is 66.2 Å². The molecule has 0 spiro atoms. The lowest BCUT2D eigenvalue weighted by Gasteiger charge is -2.37. The molecule has 0 unspecified atom stereocenters. The van der Waals surface area contributed by atoms with Gasteiger partial charge in [-0.1, -0.05) is 59.8 Å². The van der Waals surface area contributed by atoms with E-state index >= 15 is 0 Å². The number of unbranched alkanes of at least 4 members (excludes halogenated alkanes) is 5. The lowest BCUT2D eigenvalue weighted by molar-refractivity contribution is 0.101. The molecular weight excluding hydrogens is 232 g/mol. The van der Waals surface area contributed by atoms with Gasteiger partial charge < -0.3 is 9.80 Å². The minimum atomic E-state index is 0.446. The Morgan fingerprint density at radius 3 is 1.84 bits per heavy atom. The summed E-state index contributed by atoms with van der Waals surface area (Å²) in [6.45, 7) is 17.0. The van der Waals surface area contributed by atoms with Crippen LogP contribution in [-0.2, 0) is 0 Å². The third kappa shape index (κ3) is 8.65. The van der Waals surface area contributed by atoms with E-state index in [4.69, 9.17) is 0 Å². The zero-order valence-corrected chi connectivity index (χ0v) is 13.9. The van der Waals surface area contributed by atoms with Crippen LogP contribution >= 0.6 is 0 Å². The molecule has 19 heavy (non-hydrogen) atoms. The van der Waals surface area contributed by atoms with Gasteiger partial charge in [-0.15, -0.1) is 0 Å². The highest BCUT2D eigenvalue weighted by atomic mass is 15.3. The van der Waals surface area contributed by atoms with E-state index in [-0.39, 0.29) is 0 Å². The van der Waals surface area contributed by atoms with E-state index in [1.807, 2.05) is 0 Å². The van der Waals surface area contributed by atoms with Gasteiger partial charge in [-0.2, -0.15) is 0 Å². The molecule has 2 nitrogen and oxygen atoms in total. The molecule has 0 aromatic heterocycles. The molecule has 0 aromatic carbocycles. The van der Waals surface area contributed by atoms with Crippen molar-refractivity contribution in [3.8, 4) is 0 Å². The van der Waals surface area contributed by atoms with E-state index in [2.05, 4.69) is 37.5 Å². The van der Waals surface area contributed by atoms with Crippen molar-refractivity contribution >= 4 is 0 Å². The number of nitrogens with zero attached hydrogens (tertiary/aromatic N) is 2. The van der Waals surface area contributed by atoms with E-state index in [1.165, 1.54) is 77.8 Å². The normalized spacial score (nSPS) is 18.9. The minimum absolute atomic E-state index is 0.446. The van der Waals surface area contributed by atoms with Crippen LogP contribution in [0.4, 0.5) is 0 Å². The Morgan fingerprint density at radius 1 is 0.737 bits per heavy atom. The molecular formula is C17H36N2. The van der Waals surface area contributed by atoms with Crippen molar-refractivity contribution in [2.75, 3.05) is 39.3 Å². The summed E-state index contributed by atoms with van der Waals surface area (Å²) in [5.41, 5.74) is 0.446. The fourth-order valence-electron chi connectivity index (χ4n) is 2.96. The molecule has 1 saturated heterocycles. The molecule has 0 atom stereocenters. The molecule has 1 rings (SSSR count). The number of hydrogen-bond donors (Lipinski definition) is 0. The van der Waals surface area contributed by atoms with Gasteiger partial charge in [0.15, 0.2) is 0 Å². The standard InChI is InChI=1S/C17H36N2/c1-5-6-7-8-9-10-11-18-12-14-19(15-13-18)16-17(2,3)4/h5-16H2,1-4H3. The van der Waals surface area contributed by atoms with Crippen LogP contribution in [0.3, 0.4) is 0 Å². The van der Waals surface area contributed by atoms with Crippen LogP contribution in [0.5, 0.6) is 0 Å². The van der Waals surface area contributed by atoms with E-state index < -0.39 is 0 Å². The summed E-state index contributed by atoms with van der Waals surface area (Å²) in [5.74, 6) is 0. The fourth-order valence-corrected chi connectivity index (χ4v) is 2.96. The van der Waals surface area contributed by atoms with Crippen LogP contribution in [-0.4, -0.2) is 49.1 Å². The monoisotopic (exact) mass is 268 g/mol. The maximum absolute atomic E-state index is 2.67. The van der Waals surface area contributed by atoms with Crippen LogP contribution in [0, 0.1) is 5.41 Å². The van der Waals surface area contributed by atoms with Gasteiger partial charge in [-0.05, 0) is 18.4 Å². The predicted octanol–water partition coefficient (Wildman–Crippen LogP) is 4.01. The van der Waals surface area contributed by atoms with Crippen molar-refractivity contribution in [1.82, 2.24) is 9.80 Å². The van der Waals surface area contributed by atoms with Crippen LogP contribution in [0.2, 0.25) is 0 Å². The molecule has 0 N–H and O–H groups in total. The summed E-state index contributed by atoms with van der Waals surface area (Å²) < 4.78 is 0. The number of rotatable bonds is 8. The van der Waals surface area contributed by atoms with Crippen molar-refractivity contribution in [3.63, 3.8) is 0 Å². The molecule has 1 aliphatic heterocycles. The summed E-state index contributed by atoms with van der Waals surface area (Å²) in [7, 11) is 0. The SMILES string of the molecule is CCCCCCCCN1CCN(CC(C)(C)C)CC1. The Balaban J connectivity index is 2.01. The van der Waals surface area contributed by atoms with Crippen LogP contribution in [0.15, 0.2) is 0 Å². The van der Waals surface area contributed by atoms with Gasteiger partial charge in [-0.3, -0.25) is 0 Å². The molecule has 1 fully saturated rings. The van der Waals surface area contributed by atoms with Gasteiger partial charge >= 0.3 is 0 Å². The van der Waals surface area contributed by atoms with Crippen molar-refractivity contribution < 1.29 is 0 Å². The highest BCUT2D eigenvalue weighted by Crippen LogP contribution is 2.16. The third-order valence-corrected chi connectivity index (χ3v) is 3.99. The second-order valence-corrected chi connectivity index (χ2v) is 7.45. The molecule has 0 saturated carbocycles. The first-order chi connectivity index (χ1) is 9.01.